The van der Waals surface area contributed by atoms with E-state index in [0.29, 0.717) is 16.3 Å². The Morgan fingerprint density at radius 3 is 2.49 bits per heavy atom. The molecule has 8 heteroatoms. The highest BCUT2D eigenvalue weighted by Crippen LogP contribution is 2.34. The summed E-state index contributed by atoms with van der Waals surface area (Å²) in [6.07, 6.45) is 4.08. The fourth-order valence-corrected chi connectivity index (χ4v) is 6.05. The summed E-state index contributed by atoms with van der Waals surface area (Å²) in [6, 6.07) is 17.3. The molecule has 2 N–H and O–H groups in total. The molecule has 0 saturated carbocycles. The summed E-state index contributed by atoms with van der Waals surface area (Å²) in [7, 11) is -3.40. The van der Waals surface area contributed by atoms with E-state index in [2.05, 4.69) is 24.1 Å². The van der Waals surface area contributed by atoms with Crippen molar-refractivity contribution >= 4 is 33.1 Å². The number of ether oxygens (including phenoxy) is 1. The van der Waals surface area contributed by atoms with Gasteiger partial charge in [0.1, 0.15) is 12.6 Å². The molecule has 220 valence electrons. The van der Waals surface area contributed by atoms with Crippen LogP contribution >= 0.6 is 11.6 Å². The van der Waals surface area contributed by atoms with Crippen LogP contribution in [0.1, 0.15) is 60.6 Å². The summed E-state index contributed by atoms with van der Waals surface area (Å²) in [5.41, 5.74) is 6.59. The maximum Gasteiger partial charge on any atom is 0.329 e. The van der Waals surface area contributed by atoms with Gasteiger partial charge >= 0.3 is 5.97 Å². The number of fused-ring (bicyclic) bond motifs is 1. The van der Waals surface area contributed by atoms with Crippen LogP contribution in [0, 0.1) is 0 Å². The van der Waals surface area contributed by atoms with Gasteiger partial charge in [-0.1, -0.05) is 87.8 Å². The molecule has 1 heterocycles. The number of benzene rings is 3. The molecule has 0 fully saturated rings. The van der Waals surface area contributed by atoms with Gasteiger partial charge in [-0.05, 0) is 65.4 Å². The molecule has 1 aliphatic heterocycles. The van der Waals surface area contributed by atoms with E-state index in [4.69, 9.17) is 16.3 Å². The molecular formula is C33H41ClN2O4S. The minimum atomic E-state index is -3.40. The number of carbonyl (C=O) groups is 1. The Morgan fingerprint density at radius 2 is 1.80 bits per heavy atom. The van der Waals surface area contributed by atoms with E-state index in [1.165, 1.54) is 17.4 Å². The van der Waals surface area contributed by atoms with Gasteiger partial charge in [-0.3, -0.25) is 0 Å². The first-order valence-corrected chi connectivity index (χ1v) is 16.4. The molecule has 0 spiro atoms. The minimum Gasteiger partial charge on any atom is -0.459 e. The van der Waals surface area contributed by atoms with Crippen LogP contribution in [0.15, 0.2) is 72.1 Å². The van der Waals surface area contributed by atoms with Crippen molar-refractivity contribution in [3.8, 4) is 0 Å². The smallest absolute Gasteiger partial charge is 0.329 e. The van der Waals surface area contributed by atoms with Gasteiger partial charge in [0.15, 0.2) is 9.84 Å². The van der Waals surface area contributed by atoms with E-state index < -0.39 is 21.8 Å². The van der Waals surface area contributed by atoms with Crippen molar-refractivity contribution in [3.63, 3.8) is 0 Å². The summed E-state index contributed by atoms with van der Waals surface area (Å²) in [5, 5.41) is 7.30. The van der Waals surface area contributed by atoms with Gasteiger partial charge in [-0.15, -0.1) is 0 Å². The molecule has 0 amide bonds. The molecule has 3 aromatic rings. The maximum atomic E-state index is 13.4. The highest BCUT2D eigenvalue weighted by Gasteiger charge is 2.26. The van der Waals surface area contributed by atoms with Crippen LogP contribution in [0.5, 0.6) is 0 Å². The lowest BCUT2D eigenvalue weighted by molar-refractivity contribution is -0.147. The van der Waals surface area contributed by atoms with Gasteiger partial charge in [-0.25, -0.2) is 13.2 Å². The van der Waals surface area contributed by atoms with E-state index in [0.717, 1.165) is 49.0 Å². The Balaban J connectivity index is 0.00000226. The molecule has 4 rings (SSSR count). The number of rotatable bonds is 11. The van der Waals surface area contributed by atoms with Crippen molar-refractivity contribution in [3.05, 3.63) is 106 Å². The summed E-state index contributed by atoms with van der Waals surface area (Å²) in [6.45, 7) is 12.2. The van der Waals surface area contributed by atoms with E-state index in [1.54, 1.807) is 24.3 Å². The normalized spacial score (nSPS) is 13.3. The molecule has 1 atom stereocenters. The lowest BCUT2D eigenvalue weighted by Gasteiger charge is -2.27. The molecule has 0 radical (unpaired) electrons. The Morgan fingerprint density at radius 1 is 1.10 bits per heavy atom. The van der Waals surface area contributed by atoms with Crippen molar-refractivity contribution in [1.82, 2.24) is 10.6 Å². The highest BCUT2D eigenvalue weighted by molar-refractivity contribution is 7.90. The molecule has 1 aliphatic rings. The third-order valence-electron chi connectivity index (χ3n) is 6.89. The Kier molecular flexibility index (Phi) is 12.0. The molecule has 0 aromatic heterocycles. The van der Waals surface area contributed by atoms with Crippen molar-refractivity contribution in [2.45, 2.75) is 70.5 Å². The Hall–Kier alpha value is -3.13. The molecule has 0 bridgehead atoms. The largest absolute Gasteiger partial charge is 0.459 e. The summed E-state index contributed by atoms with van der Waals surface area (Å²) < 4.78 is 30.0. The summed E-state index contributed by atoms with van der Waals surface area (Å²) in [5.74, 6) is -0.458. The van der Waals surface area contributed by atoms with E-state index in [-0.39, 0.29) is 17.9 Å². The fourth-order valence-electron chi connectivity index (χ4n) is 5.00. The maximum absolute atomic E-state index is 13.4. The molecule has 1 unspecified atom stereocenters. The van der Waals surface area contributed by atoms with Crippen LogP contribution in [-0.2, 0) is 51.8 Å². The Bertz CT molecular complexity index is 1460. The topological polar surface area (TPSA) is 84.5 Å². The van der Waals surface area contributed by atoms with Crippen LogP contribution in [0.3, 0.4) is 0 Å². The number of esters is 1. The van der Waals surface area contributed by atoms with Crippen LogP contribution in [0.2, 0.25) is 5.02 Å². The predicted octanol–water partition coefficient (Wildman–Crippen LogP) is 6.28. The van der Waals surface area contributed by atoms with Gasteiger partial charge < -0.3 is 15.4 Å². The van der Waals surface area contributed by atoms with E-state index in [1.807, 2.05) is 50.2 Å². The zero-order valence-electron chi connectivity index (χ0n) is 24.4. The number of hydrogen-bond donors (Lipinski definition) is 2. The molecule has 0 saturated heterocycles. The molecule has 6 nitrogen and oxygen atoms in total. The van der Waals surface area contributed by atoms with Gasteiger partial charge in [0.2, 0.25) is 0 Å². The van der Waals surface area contributed by atoms with Crippen molar-refractivity contribution in [2.24, 2.45) is 0 Å². The number of hydrogen-bond acceptors (Lipinski definition) is 6. The SMILES string of the molecule is C=C(NC(Cc1cccc(S(C)(=O)=O)c1)C(=O)OCc1ccccc1)c1c(Cl)cc2c(c1CCC)CCNC2.CC. The van der Waals surface area contributed by atoms with E-state index in [9.17, 15) is 13.2 Å². The second-order valence-electron chi connectivity index (χ2n) is 9.92. The third-order valence-corrected chi connectivity index (χ3v) is 8.29. The molecular weight excluding hydrogens is 556 g/mol. The van der Waals surface area contributed by atoms with Crippen LogP contribution in [0.25, 0.3) is 5.70 Å². The number of halogens is 1. The first kappa shape index (κ1) is 32.4. The van der Waals surface area contributed by atoms with Crippen LogP contribution in [-0.4, -0.2) is 33.2 Å². The average molecular weight is 597 g/mol. The lowest BCUT2D eigenvalue weighted by atomic mass is 9.88. The second-order valence-corrected chi connectivity index (χ2v) is 12.3. The standard InChI is InChI=1S/C31H35ClN2O4S.C2H6/c1-4-9-27-26-14-15-33-19-24(26)18-28(32)30(27)21(2)34-29(31(35)38-20-22-10-6-5-7-11-22)17-23-12-8-13-25(16-23)39(3,36)37;1-2/h5-8,10-13,16,18,29,33-34H,2,4,9,14-15,17,19-20H2,1,3H3;1-2H3. The molecule has 41 heavy (non-hydrogen) atoms. The summed E-state index contributed by atoms with van der Waals surface area (Å²) >= 11 is 6.82. The first-order chi connectivity index (χ1) is 19.7. The quantitative estimate of drug-likeness (QED) is 0.253. The highest BCUT2D eigenvalue weighted by atomic mass is 35.5. The van der Waals surface area contributed by atoms with Crippen molar-refractivity contribution in [2.75, 3.05) is 12.8 Å². The second kappa shape index (κ2) is 15.2. The van der Waals surface area contributed by atoms with E-state index >= 15 is 0 Å². The molecule has 0 aliphatic carbocycles. The minimum absolute atomic E-state index is 0.126. The van der Waals surface area contributed by atoms with Gasteiger partial charge in [0.25, 0.3) is 0 Å². The zero-order valence-corrected chi connectivity index (χ0v) is 26.0. The number of carbonyl (C=O) groups excluding carboxylic acids is 1. The predicted molar refractivity (Wildman–Crippen MR) is 168 cm³/mol. The Labute approximate surface area is 250 Å². The van der Waals surface area contributed by atoms with Gasteiger partial charge in [-0.2, -0.15) is 0 Å². The average Bonchev–Trinajstić information content (AvgIpc) is 2.97. The van der Waals surface area contributed by atoms with Crippen molar-refractivity contribution < 1.29 is 17.9 Å². The van der Waals surface area contributed by atoms with Crippen LogP contribution < -0.4 is 10.6 Å². The first-order valence-electron chi connectivity index (χ1n) is 14.2. The van der Waals surface area contributed by atoms with Gasteiger partial charge in [0, 0.05) is 30.5 Å². The monoisotopic (exact) mass is 596 g/mol. The zero-order chi connectivity index (χ0) is 30.0. The van der Waals surface area contributed by atoms with Crippen LogP contribution in [0.4, 0.5) is 0 Å². The third kappa shape index (κ3) is 8.68. The lowest BCUT2D eigenvalue weighted by Crippen LogP contribution is -2.39. The molecule has 3 aromatic carbocycles. The van der Waals surface area contributed by atoms with Crippen molar-refractivity contribution in [1.29, 1.82) is 0 Å². The summed E-state index contributed by atoms with van der Waals surface area (Å²) in [4.78, 5) is 13.6. The fraction of sp³-hybridized carbons (Fsp3) is 0.364. The van der Waals surface area contributed by atoms with Gasteiger partial charge in [0.05, 0.1) is 9.92 Å². The number of sulfone groups is 1. The number of nitrogens with one attached hydrogen (secondary N) is 2.